The van der Waals surface area contributed by atoms with E-state index < -0.39 is 12.1 Å². The molecule has 1 amide bonds. The largest absolute Gasteiger partial charge is 0.480 e. The van der Waals surface area contributed by atoms with Crippen molar-refractivity contribution in [2.45, 2.75) is 20.0 Å². The number of benzene rings is 1. The van der Waals surface area contributed by atoms with E-state index >= 15 is 0 Å². The Labute approximate surface area is 106 Å². The van der Waals surface area contributed by atoms with Crippen molar-refractivity contribution in [3.63, 3.8) is 0 Å². The summed E-state index contributed by atoms with van der Waals surface area (Å²) in [6.07, 6.45) is -0.723. The molecular formula is C13H17NO4. The van der Waals surface area contributed by atoms with E-state index in [9.17, 15) is 9.59 Å². The lowest BCUT2D eigenvalue weighted by Crippen LogP contribution is -2.35. The Kier molecular flexibility index (Phi) is 4.31. The standard InChI is InChI=1S/C13H17NO4/c1-8-6-5-7-10(13(16)17)11(8)18-9(2)12(15)14(3)4/h5-7,9H,1-4H3,(H,16,17). The van der Waals surface area contributed by atoms with E-state index in [0.29, 0.717) is 5.56 Å². The molecule has 1 aromatic carbocycles. The molecule has 0 aliphatic heterocycles. The first-order valence-electron chi connectivity index (χ1n) is 5.55. The van der Waals surface area contributed by atoms with E-state index in [4.69, 9.17) is 9.84 Å². The van der Waals surface area contributed by atoms with Crippen molar-refractivity contribution < 1.29 is 19.4 Å². The Morgan fingerprint density at radius 2 is 1.94 bits per heavy atom. The summed E-state index contributed by atoms with van der Waals surface area (Å²) in [5.41, 5.74) is 0.752. The van der Waals surface area contributed by atoms with Crippen LogP contribution < -0.4 is 4.74 Å². The molecule has 1 unspecified atom stereocenters. The average Bonchev–Trinajstić information content (AvgIpc) is 2.30. The minimum Gasteiger partial charge on any atom is -0.480 e. The van der Waals surface area contributed by atoms with Crippen molar-refractivity contribution in [3.8, 4) is 5.75 Å². The van der Waals surface area contributed by atoms with Crippen LogP contribution >= 0.6 is 0 Å². The number of para-hydroxylation sites is 1. The van der Waals surface area contributed by atoms with Gasteiger partial charge in [0.15, 0.2) is 6.10 Å². The Hall–Kier alpha value is -2.04. The van der Waals surface area contributed by atoms with Gasteiger partial charge < -0.3 is 14.7 Å². The molecule has 0 fully saturated rings. The van der Waals surface area contributed by atoms with Gasteiger partial charge in [0.2, 0.25) is 0 Å². The molecule has 0 aliphatic rings. The number of aryl methyl sites for hydroxylation is 1. The highest BCUT2D eigenvalue weighted by atomic mass is 16.5. The van der Waals surface area contributed by atoms with Gasteiger partial charge in [-0.05, 0) is 25.5 Å². The van der Waals surface area contributed by atoms with Crippen LogP contribution in [0.2, 0.25) is 0 Å². The Morgan fingerprint density at radius 1 is 1.33 bits per heavy atom. The lowest BCUT2D eigenvalue weighted by molar-refractivity contribution is -0.135. The molecule has 0 aromatic heterocycles. The van der Waals surface area contributed by atoms with Gasteiger partial charge in [0.05, 0.1) is 0 Å². The second kappa shape index (κ2) is 5.53. The smallest absolute Gasteiger partial charge is 0.339 e. The maximum atomic E-state index is 11.7. The zero-order valence-electron chi connectivity index (χ0n) is 10.9. The van der Waals surface area contributed by atoms with Gasteiger partial charge in [-0.2, -0.15) is 0 Å². The maximum absolute atomic E-state index is 11.7. The van der Waals surface area contributed by atoms with Crippen molar-refractivity contribution in [2.75, 3.05) is 14.1 Å². The van der Waals surface area contributed by atoms with Gasteiger partial charge in [-0.3, -0.25) is 4.79 Å². The van der Waals surface area contributed by atoms with Gasteiger partial charge in [0.1, 0.15) is 11.3 Å². The molecule has 5 nitrogen and oxygen atoms in total. The van der Waals surface area contributed by atoms with Crippen molar-refractivity contribution in [1.82, 2.24) is 4.90 Å². The Morgan fingerprint density at radius 3 is 2.44 bits per heavy atom. The normalized spacial score (nSPS) is 11.8. The van der Waals surface area contributed by atoms with Crippen LogP contribution in [0.4, 0.5) is 0 Å². The SMILES string of the molecule is Cc1cccc(C(=O)O)c1OC(C)C(=O)N(C)C. The molecule has 1 N–H and O–H groups in total. The summed E-state index contributed by atoms with van der Waals surface area (Å²) in [6, 6.07) is 4.84. The van der Waals surface area contributed by atoms with E-state index in [1.807, 2.05) is 0 Å². The molecule has 1 rings (SSSR count). The first-order chi connectivity index (χ1) is 8.34. The topological polar surface area (TPSA) is 66.8 Å². The quantitative estimate of drug-likeness (QED) is 0.881. The van der Waals surface area contributed by atoms with Crippen LogP contribution in [0.25, 0.3) is 0 Å². The van der Waals surface area contributed by atoms with E-state index in [-0.39, 0.29) is 17.2 Å². The zero-order chi connectivity index (χ0) is 13.9. The molecule has 1 atom stereocenters. The van der Waals surface area contributed by atoms with Crippen molar-refractivity contribution in [1.29, 1.82) is 0 Å². The number of hydrogen-bond donors (Lipinski definition) is 1. The fraction of sp³-hybridized carbons (Fsp3) is 0.385. The number of likely N-dealkylation sites (N-methyl/N-ethyl adjacent to an activating group) is 1. The highest BCUT2D eigenvalue weighted by Crippen LogP contribution is 2.24. The molecule has 5 heteroatoms. The molecule has 0 aliphatic carbocycles. The number of amides is 1. The van der Waals surface area contributed by atoms with E-state index in [2.05, 4.69) is 0 Å². The second-order valence-corrected chi connectivity index (χ2v) is 4.25. The molecule has 98 valence electrons. The van der Waals surface area contributed by atoms with Crippen LogP contribution in [0.15, 0.2) is 18.2 Å². The van der Waals surface area contributed by atoms with Crippen LogP contribution in [-0.4, -0.2) is 42.1 Å². The van der Waals surface area contributed by atoms with E-state index in [1.54, 1.807) is 40.1 Å². The third kappa shape index (κ3) is 3.00. The fourth-order valence-corrected chi connectivity index (χ4v) is 1.57. The summed E-state index contributed by atoms with van der Waals surface area (Å²) in [5, 5.41) is 9.08. The summed E-state index contributed by atoms with van der Waals surface area (Å²) in [4.78, 5) is 24.2. The van der Waals surface area contributed by atoms with Crippen LogP contribution in [0, 0.1) is 6.92 Å². The predicted molar refractivity (Wildman–Crippen MR) is 66.9 cm³/mol. The van der Waals surface area contributed by atoms with Crippen molar-refractivity contribution in [2.24, 2.45) is 0 Å². The van der Waals surface area contributed by atoms with Gasteiger partial charge >= 0.3 is 5.97 Å². The third-order valence-electron chi connectivity index (χ3n) is 2.53. The van der Waals surface area contributed by atoms with Crippen molar-refractivity contribution >= 4 is 11.9 Å². The highest BCUT2D eigenvalue weighted by Gasteiger charge is 2.21. The molecule has 0 bridgehead atoms. The first-order valence-corrected chi connectivity index (χ1v) is 5.55. The average molecular weight is 251 g/mol. The zero-order valence-corrected chi connectivity index (χ0v) is 10.9. The lowest BCUT2D eigenvalue weighted by atomic mass is 10.1. The fourth-order valence-electron chi connectivity index (χ4n) is 1.57. The summed E-state index contributed by atoms with van der Waals surface area (Å²) < 4.78 is 5.49. The molecule has 0 heterocycles. The van der Waals surface area contributed by atoms with Gasteiger partial charge in [0, 0.05) is 14.1 Å². The summed E-state index contributed by atoms with van der Waals surface area (Å²) in [7, 11) is 3.25. The Bertz CT molecular complexity index is 468. The molecule has 0 saturated heterocycles. The molecule has 18 heavy (non-hydrogen) atoms. The number of nitrogens with zero attached hydrogens (tertiary/aromatic N) is 1. The van der Waals surface area contributed by atoms with Crippen LogP contribution in [-0.2, 0) is 4.79 Å². The number of hydrogen-bond acceptors (Lipinski definition) is 3. The molecule has 0 radical (unpaired) electrons. The monoisotopic (exact) mass is 251 g/mol. The number of carboxylic acid groups (broad SMARTS) is 1. The van der Waals surface area contributed by atoms with Crippen LogP contribution in [0.1, 0.15) is 22.8 Å². The number of rotatable bonds is 4. The lowest BCUT2D eigenvalue weighted by Gasteiger charge is -2.20. The molecule has 0 saturated carbocycles. The van der Waals surface area contributed by atoms with Gasteiger partial charge in [0.25, 0.3) is 5.91 Å². The molecule has 0 spiro atoms. The summed E-state index contributed by atoms with van der Waals surface area (Å²) in [5.74, 6) is -1.04. The van der Waals surface area contributed by atoms with Crippen LogP contribution in [0.3, 0.4) is 0 Å². The number of aromatic carboxylic acids is 1. The van der Waals surface area contributed by atoms with Gasteiger partial charge in [-0.25, -0.2) is 4.79 Å². The maximum Gasteiger partial charge on any atom is 0.339 e. The predicted octanol–water partition coefficient (Wildman–Crippen LogP) is 1.55. The number of carbonyl (C=O) groups excluding carboxylic acids is 1. The summed E-state index contributed by atoms with van der Waals surface area (Å²) >= 11 is 0. The van der Waals surface area contributed by atoms with E-state index in [0.717, 1.165) is 0 Å². The van der Waals surface area contributed by atoms with Gasteiger partial charge in [-0.1, -0.05) is 12.1 Å². The Balaban J connectivity index is 3.04. The number of carbonyl (C=O) groups is 2. The highest BCUT2D eigenvalue weighted by molar-refractivity contribution is 5.91. The van der Waals surface area contributed by atoms with Gasteiger partial charge in [-0.15, -0.1) is 0 Å². The number of carboxylic acids is 1. The van der Waals surface area contributed by atoms with Crippen LogP contribution in [0.5, 0.6) is 5.75 Å². The minimum atomic E-state index is -1.07. The number of ether oxygens (including phenoxy) is 1. The van der Waals surface area contributed by atoms with E-state index in [1.165, 1.54) is 11.0 Å². The second-order valence-electron chi connectivity index (χ2n) is 4.25. The summed E-state index contributed by atoms with van der Waals surface area (Å²) in [6.45, 7) is 3.34. The first kappa shape index (κ1) is 14.0. The van der Waals surface area contributed by atoms with Crippen molar-refractivity contribution in [3.05, 3.63) is 29.3 Å². The molecular weight excluding hydrogens is 234 g/mol. The third-order valence-corrected chi connectivity index (χ3v) is 2.53. The molecule has 1 aromatic rings. The minimum absolute atomic E-state index is 0.0633.